The number of para-hydroxylation sites is 1. The van der Waals surface area contributed by atoms with Gasteiger partial charge in [-0.05, 0) is 42.5 Å². The van der Waals surface area contributed by atoms with Gasteiger partial charge in [-0.15, -0.1) is 0 Å². The fraction of sp³-hybridized carbons (Fsp3) is 0.136. The van der Waals surface area contributed by atoms with E-state index in [9.17, 15) is 22.8 Å². The smallest absolute Gasteiger partial charge is 0.417 e. The molecule has 7 nitrogen and oxygen atoms in total. The average Bonchev–Trinajstić information content (AvgIpc) is 2.78. The number of benzene rings is 2. The van der Waals surface area contributed by atoms with E-state index in [0.717, 1.165) is 0 Å². The first-order chi connectivity index (χ1) is 15.7. The average molecular weight is 481 g/mol. The van der Waals surface area contributed by atoms with Gasteiger partial charge in [0.2, 0.25) is 0 Å². The summed E-state index contributed by atoms with van der Waals surface area (Å²) in [7, 11) is 0. The summed E-state index contributed by atoms with van der Waals surface area (Å²) in [5.41, 5.74) is -1.06. The zero-order valence-electron chi connectivity index (χ0n) is 16.8. The standard InChI is InChI=1S/C22H16ClF3N2O5/c23-18-10-14(22(24,25)26)11-27-21(18)28-19(29)12-32-20(30)13-31-15-6-8-17(9-7-15)33-16-4-2-1-3-5-16/h1-11H,12-13H2,(H,27,28,29). The highest BCUT2D eigenvalue weighted by Gasteiger charge is 2.31. The fourth-order valence-corrected chi connectivity index (χ4v) is 2.63. The van der Waals surface area contributed by atoms with Crippen molar-refractivity contribution in [3.8, 4) is 17.2 Å². The van der Waals surface area contributed by atoms with Gasteiger partial charge in [0.1, 0.15) is 17.2 Å². The van der Waals surface area contributed by atoms with Gasteiger partial charge in [0, 0.05) is 6.20 Å². The molecule has 1 aromatic heterocycles. The number of hydrogen-bond acceptors (Lipinski definition) is 6. The molecule has 11 heteroatoms. The van der Waals surface area contributed by atoms with Crippen LogP contribution in [0.5, 0.6) is 17.2 Å². The third-order valence-corrected chi connectivity index (χ3v) is 4.24. The second kappa shape index (κ2) is 10.7. The highest BCUT2D eigenvalue weighted by Crippen LogP contribution is 2.32. The summed E-state index contributed by atoms with van der Waals surface area (Å²) < 4.78 is 53.5. The lowest BCUT2D eigenvalue weighted by atomic mass is 10.3. The summed E-state index contributed by atoms with van der Waals surface area (Å²) in [6.07, 6.45) is -4.10. The maximum Gasteiger partial charge on any atom is 0.417 e. The molecule has 1 heterocycles. The molecule has 0 unspecified atom stereocenters. The molecule has 33 heavy (non-hydrogen) atoms. The van der Waals surface area contributed by atoms with Crippen molar-refractivity contribution in [1.29, 1.82) is 0 Å². The minimum absolute atomic E-state index is 0.292. The monoisotopic (exact) mass is 480 g/mol. The molecule has 1 amide bonds. The molecule has 0 saturated heterocycles. The number of nitrogens with one attached hydrogen (secondary N) is 1. The first kappa shape index (κ1) is 23.9. The van der Waals surface area contributed by atoms with Gasteiger partial charge in [-0.2, -0.15) is 13.2 Å². The Hall–Kier alpha value is -3.79. The number of halogens is 4. The molecule has 0 aliphatic rings. The Morgan fingerprint density at radius 1 is 0.939 bits per heavy atom. The van der Waals surface area contributed by atoms with E-state index < -0.39 is 41.9 Å². The molecular formula is C22H16ClF3N2O5. The molecule has 0 aliphatic heterocycles. The van der Waals surface area contributed by atoms with Gasteiger partial charge in [0.25, 0.3) is 5.91 Å². The Bertz CT molecular complexity index is 1110. The number of hydrogen-bond donors (Lipinski definition) is 1. The van der Waals surface area contributed by atoms with E-state index in [1.165, 1.54) is 0 Å². The fourth-order valence-electron chi connectivity index (χ4n) is 2.41. The van der Waals surface area contributed by atoms with Gasteiger partial charge < -0.3 is 19.5 Å². The van der Waals surface area contributed by atoms with Crippen LogP contribution in [-0.4, -0.2) is 30.1 Å². The van der Waals surface area contributed by atoms with Crippen LogP contribution in [0.25, 0.3) is 0 Å². The van der Waals surface area contributed by atoms with Crippen molar-refractivity contribution >= 4 is 29.3 Å². The van der Waals surface area contributed by atoms with Crippen molar-refractivity contribution in [2.24, 2.45) is 0 Å². The molecule has 0 saturated carbocycles. The number of ether oxygens (including phenoxy) is 3. The SMILES string of the molecule is O=C(COC(=O)COc1ccc(Oc2ccccc2)cc1)Nc1ncc(C(F)(F)F)cc1Cl. The summed E-state index contributed by atoms with van der Waals surface area (Å²) in [5.74, 6) is -0.345. The molecule has 0 fully saturated rings. The third-order valence-electron chi connectivity index (χ3n) is 3.95. The molecular weight excluding hydrogens is 465 g/mol. The van der Waals surface area contributed by atoms with Crippen LogP contribution in [0.2, 0.25) is 5.02 Å². The number of esters is 1. The first-order valence-corrected chi connectivity index (χ1v) is 9.72. The predicted octanol–water partition coefficient (Wildman–Crippen LogP) is 5.11. The van der Waals surface area contributed by atoms with Crippen LogP contribution in [0.15, 0.2) is 66.9 Å². The maximum atomic E-state index is 12.6. The molecule has 0 aliphatic carbocycles. The summed E-state index contributed by atoms with van der Waals surface area (Å²) >= 11 is 5.70. The Labute approximate surface area is 191 Å². The van der Waals surface area contributed by atoms with Gasteiger partial charge in [0.05, 0.1) is 10.6 Å². The minimum atomic E-state index is -4.62. The number of aromatic nitrogens is 1. The second-order valence-electron chi connectivity index (χ2n) is 6.44. The molecule has 0 bridgehead atoms. The van der Waals surface area contributed by atoms with Crippen LogP contribution in [0, 0.1) is 0 Å². The number of rotatable bonds is 8. The van der Waals surface area contributed by atoms with Crippen LogP contribution in [-0.2, 0) is 20.5 Å². The van der Waals surface area contributed by atoms with Gasteiger partial charge in [0.15, 0.2) is 19.0 Å². The molecule has 2 aromatic carbocycles. The van der Waals surface area contributed by atoms with Crippen molar-refractivity contribution in [2.45, 2.75) is 6.18 Å². The normalized spacial score (nSPS) is 10.9. The number of alkyl halides is 3. The molecule has 172 valence electrons. The van der Waals surface area contributed by atoms with E-state index in [1.807, 2.05) is 18.2 Å². The van der Waals surface area contributed by atoms with Crippen molar-refractivity contribution in [3.63, 3.8) is 0 Å². The van der Waals surface area contributed by atoms with Crippen LogP contribution < -0.4 is 14.8 Å². The lowest BCUT2D eigenvalue weighted by Crippen LogP contribution is -2.24. The Morgan fingerprint density at radius 3 is 2.21 bits per heavy atom. The Balaban J connectivity index is 1.41. The number of nitrogens with zero attached hydrogens (tertiary/aromatic N) is 1. The minimum Gasteiger partial charge on any atom is -0.482 e. The lowest BCUT2D eigenvalue weighted by molar-refractivity contribution is -0.149. The van der Waals surface area contributed by atoms with Gasteiger partial charge in [-0.25, -0.2) is 9.78 Å². The topological polar surface area (TPSA) is 86.8 Å². The summed E-state index contributed by atoms with van der Waals surface area (Å²) in [4.78, 5) is 27.1. The van der Waals surface area contributed by atoms with E-state index in [-0.39, 0.29) is 5.82 Å². The van der Waals surface area contributed by atoms with Crippen LogP contribution in [0.3, 0.4) is 0 Å². The summed E-state index contributed by atoms with van der Waals surface area (Å²) in [6, 6.07) is 16.3. The van der Waals surface area contributed by atoms with Crippen molar-refractivity contribution in [1.82, 2.24) is 4.98 Å². The Kier molecular flexibility index (Phi) is 7.73. The van der Waals surface area contributed by atoms with Gasteiger partial charge in [-0.3, -0.25) is 4.79 Å². The van der Waals surface area contributed by atoms with Crippen LogP contribution in [0.4, 0.5) is 19.0 Å². The predicted molar refractivity (Wildman–Crippen MR) is 112 cm³/mol. The largest absolute Gasteiger partial charge is 0.482 e. The number of pyridine rings is 1. The molecule has 0 radical (unpaired) electrons. The molecule has 1 N–H and O–H groups in total. The van der Waals surface area contributed by atoms with Crippen LogP contribution >= 0.6 is 11.6 Å². The van der Waals surface area contributed by atoms with Crippen molar-refractivity contribution in [3.05, 3.63) is 77.4 Å². The highest BCUT2D eigenvalue weighted by atomic mass is 35.5. The Morgan fingerprint density at radius 2 is 1.58 bits per heavy atom. The number of amides is 1. The molecule has 3 rings (SSSR count). The van der Waals surface area contributed by atoms with Gasteiger partial charge >= 0.3 is 12.1 Å². The van der Waals surface area contributed by atoms with Crippen molar-refractivity contribution < 1.29 is 37.0 Å². The first-order valence-electron chi connectivity index (χ1n) is 9.35. The summed E-state index contributed by atoms with van der Waals surface area (Å²) in [6.45, 7) is -1.17. The van der Waals surface area contributed by atoms with E-state index in [2.05, 4.69) is 10.3 Å². The van der Waals surface area contributed by atoms with Crippen molar-refractivity contribution in [2.75, 3.05) is 18.5 Å². The number of carbonyl (C=O) groups excluding carboxylic acids is 2. The quantitative estimate of drug-likeness (QED) is 0.451. The van der Waals surface area contributed by atoms with Gasteiger partial charge in [-0.1, -0.05) is 29.8 Å². The zero-order valence-corrected chi connectivity index (χ0v) is 17.5. The third kappa shape index (κ3) is 7.39. The number of anilines is 1. The van der Waals surface area contributed by atoms with Crippen LogP contribution in [0.1, 0.15) is 5.56 Å². The van der Waals surface area contributed by atoms with E-state index in [4.69, 9.17) is 25.8 Å². The summed E-state index contributed by atoms with van der Waals surface area (Å²) in [5, 5.41) is 1.75. The van der Waals surface area contributed by atoms with E-state index in [0.29, 0.717) is 29.5 Å². The van der Waals surface area contributed by atoms with E-state index >= 15 is 0 Å². The molecule has 3 aromatic rings. The molecule has 0 atom stereocenters. The lowest BCUT2D eigenvalue weighted by Gasteiger charge is -2.11. The zero-order chi connectivity index (χ0) is 23.8. The number of carbonyl (C=O) groups is 2. The molecule has 0 spiro atoms. The maximum absolute atomic E-state index is 12.6. The second-order valence-corrected chi connectivity index (χ2v) is 6.84. The van der Waals surface area contributed by atoms with E-state index in [1.54, 1.807) is 36.4 Å². The highest BCUT2D eigenvalue weighted by molar-refractivity contribution is 6.33.